The summed E-state index contributed by atoms with van der Waals surface area (Å²) >= 11 is 10.4. The topological polar surface area (TPSA) is 28.7 Å². The van der Waals surface area contributed by atoms with Crippen molar-refractivity contribution in [1.29, 1.82) is 0 Å². The Kier molecular flexibility index (Phi) is 2.92. The molecule has 1 heterocycles. The van der Waals surface area contributed by atoms with Crippen LogP contribution in [0.3, 0.4) is 0 Å². The molecule has 0 atom stereocenters. The smallest absolute Gasteiger partial charge is 0.0697 e. The first-order chi connectivity index (χ1) is 7.04. The Morgan fingerprint density at radius 1 is 1.47 bits per heavy atom. The van der Waals surface area contributed by atoms with Crippen molar-refractivity contribution >= 4 is 45.0 Å². The number of nitrogens with one attached hydrogen (secondary N) is 1. The van der Waals surface area contributed by atoms with Crippen LogP contribution in [0, 0.1) is 0 Å². The molecular weight excluding hydrogens is 248 g/mol. The van der Waals surface area contributed by atoms with Crippen molar-refractivity contribution < 1.29 is 0 Å². The second-order valence-corrected chi connectivity index (χ2v) is 6.08. The summed E-state index contributed by atoms with van der Waals surface area (Å²) < 4.78 is -0.0984. The first-order valence-corrected chi connectivity index (χ1v) is 6.75. The lowest BCUT2D eigenvalue weighted by molar-refractivity contribution is 0.794. The van der Waals surface area contributed by atoms with Crippen LogP contribution in [0.5, 0.6) is 0 Å². The predicted molar refractivity (Wildman–Crippen MR) is 70.7 cm³/mol. The van der Waals surface area contributed by atoms with E-state index in [1.807, 2.05) is 12.1 Å². The van der Waals surface area contributed by atoms with E-state index in [-0.39, 0.29) is 4.75 Å². The van der Waals surface area contributed by atoms with E-state index >= 15 is 0 Å². The molecule has 0 unspecified atom stereocenters. The van der Waals surface area contributed by atoms with Crippen LogP contribution in [0.1, 0.15) is 19.4 Å². The van der Waals surface area contributed by atoms with Crippen LogP contribution < -0.4 is 0 Å². The Balaban J connectivity index is 2.73. The Labute approximate surface area is 103 Å². The third-order valence-electron chi connectivity index (χ3n) is 2.39. The highest BCUT2D eigenvalue weighted by molar-refractivity contribution is 8.69. The number of nitrogens with zero attached hydrogens (tertiary/aromatic N) is 1. The molecule has 1 aromatic heterocycles. The normalized spacial score (nSPS) is 12.3. The Hall–Kier alpha value is -0.320. The summed E-state index contributed by atoms with van der Waals surface area (Å²) in [6.45, 7) is 4.22. The van der Waals surface area contributed by atoms with Gasteiger partial charge in [-0.25, -0.2) is 0 Å². The number of fused-ring (bicyclic) bond motifs is 1. The molecular formula is C10H11ClN2S2. The van der Waals surface area contributed by atoms with E-state index in [9.17, 15) is 0 Å². The number of H-pyrrole nitrogens is 1. The fourth-order valence-corrected chi connectivity index (χ4v) is 2.33. The van der Waals surface area contributed by atoms with Gasteiger partial charge < -0.3 is 0 Å². The van der Waals surface area contributed by atoms with Gasteiger partial charge in [0.15, 0.2) is 0 Å². The van der Waals surface area contributed by atoms with Crippen molar-refractivity contribution in [1.82, 2.24) is 10.2 Å². The minimum Gasteiger partial charge on any atom is -0.277 e. The molecule has 0 radical (unpaired) electrons. The number of aromatic nitrogens is 2. The van der Waals surface area contributed by atoms with E-state index in [0.29, 0.717) is 0 Å². The van der Waals surface area contributed by atoms with Gasteiger partial charge in [-0.05, 0) is 31.5 Å². The van der Waals surface area contributed by atoms with E-state index in [2.05, 4.69) is 35.7 Å². The second-order valence-electron chi connectivity index (χ2n) is 3.89. The van der Waals surface area contributed by atoms with Gasteiger partial charge in [0.2, 0.25) is 0 Å². The quantitative estimate of drug-likeness (QED) is 0.629. The highest BCUT2D eigenvalue weighted by atomic mass is 35.5. The summed E-state index contributed by atoms with van der Waals surface area (Å²) in [4.78, 5) is 0. The average molecular weight is 259 g/mol. The van der Waals surface area contributed by atoms with Crippen LogP contribution >= 0.6 is 34.1 Å². The van der Waals surface area contributed by atoms with Gasteiger partial charge >= 0.3 is 0 Å². The summed E-state index contributed by atoms with van der Waals surface area (Å²) in [6.07, 6.45) is 1.78. The van der Waals surface area contributed by atoms with E-state index in [0.717, 1.165) is 21.5 Å². The molecule has 0 aliphatic rings. The Morgan fingerprint density at radius 2 is 2.20 bits per heavy atom. The zero-order valence-electron chi connectivity index (χ0n) is 8.41. The van der Waals surface area contributed by atoms with Gasteiger partial charge in [0, 0.05) is 15.2 Å². The van der Waals surface area contributed by atoms with E-state index in [1.165, 1.54) is 10.8 Å². The fraction of sp³-hybridized carbons (Fsp3) is 0.300. The van der Waals surface area contributed by atoms with E-state index in [4.69, 9.17) is 11.6 Å². The van der Waals surface area contributed by atoms with Crippen LogP contribution in [-0.4, -0.2) is 10.2 Å². The molecule has 0 amide bonds. The van der Waals surface area contributed by atoms with Crippen LogP contribution in [0.4, 0.5) is 0 Å². The largest absolute Gasteiger partial charge is 0.277 e. The molecule has 0 bridgehead atoms. The van der Waals surface area contributed by atoms with Gasteiger partial charge in [0.25, 0.3) is 0 Å². The van der Waals surface area contributed by atoms with Crippen molar-refractivity contribution in [3.05, 3.63) is 28.9 Å². The second kappa shape index (κ2) is 3.92. The van der Waals surface area contributed by atoms with Crippen LogP contribution in [0.15, 0.2) is 18.3 Å². The zero-order chi connectivity index (χ0) is 11.1. The summed E-state index contributed by atoms with van der Waals surface area (Å²) in [5, 5.41) is 8.80. The number of rotatable bonds is 2. The minimum absolute atomic E-state index is 0.0984. The highest BCUT2D eigenvalue weighted by Crippen LogP contribution is 2.41. The summed E-state index contributed by atoms with van der Waals surface area (Å²) in [7, 11) is 1.50. The molecule has 80 valence electrons. The molecule has 0 saturated carbocycles. The molecule has 15 heavy (non-hydrogen) atoms. The van der Waals surface area contributed by atoms with E-state index in [1.54, 1.807) is 6.20 Å². The predicted octanol–water partition coefficient (Wildman–Crippen LogP) is 4.03. The lowest BCUT2D eigenvalue weighted by atomic mass is 10.00. The number of hydrogen-bond acceptors (Lipinski definition) is 3. The average Bonchev–Trinajstić information content (AvgIpc) is 2.63. The van der Waals surface area contributed by atoms with Crippen molar-refractivity contribution in [3.8, 4) is 0 Å². The first-order valence-electron chi connectivity index (χ1n) is 4.50. The monoisotopic (exact) mass is 258 g/mol. The van der Waals surface area contributed by atoms with Crippen LogP contribution in [0.25, 0.3) is 10.9 Å². The molecule has 1 aromatic carbocycles. The van der Waals surface area contributed by atoms with Gasteiger partial charge in [0.05, 0.1) is 11.7 Å². The SMILES string of the molecule is CC(C)(SS)c1cc(Cl)cc2cn[nH]c12. The first kappa shape index (κ1) is 11.2. The maximum Gasteiger partial charge on any atom is 0.0697 e. The lowest BCUT2D eigenvalue weighted by Gasteiger charge is -2.22. The minimum atomic E-state index is -0.0984. The molecule has 0 aliphatic carbocycles. The van der Waals surface area contributed by atoms with Crippen molar-refractivity contribution in [2.45, 2.75) is 18.6 Å². The molecule has 2 rings (SSSR count). The maximum absolute atomic E-state index is 6.07. The third kappa shape index (κ3) is 1.98. The van der Waals surface area contributed by atoms with Gasteiger partial charge in [-0.1, -0.05) is 22.4 Å². The van der Waals surface area contributed by atoms with Gasteiger partial charge in [0.1, 0.15) is 0 Å². The Bertz CT molecular complexity index is 493. The Morgan fingerprint density at radius 3 is 2.87 bits per heavy atom. The molecule has 1 N–H and O–H groups in total. The molecule has 0 aliphatic heterocycles. The number of thiol groups is 1. The van der Waals surface area contributed by atoms with Crippen LogP contribution in [-0.2, 0) is 4.75 Å². The third-order valence-corrected chi connectivity index (χ3v) is 4.65. The van der Waals surface area contributed by atoms with E-state index < -0.39 is 0 Å². The number of hydrogen-bond donors (Lipinski definition) is 2. The fourth-order valence-electron chi connectivity index (χ4n) is 1.54. The zero-order valence-corrected chi connectivity index (χ0v) is 10.9. The molecule has 0 fully saturated rings. The molecule has 5 heteroatoms. The van der Waals surface area contributed by atoms with Gasteiger partial charge in [-0.3, -0.25) is 5.10 Å². The molecule has 2 aromatic rings. The summed E-state index contributed by atoms with van der Waals surface area (Å²) in [5.74, 6) is 0. The summed E-state index contributed by atoms with van der Waals surface area (Å²) in [6, 6.07) is 3.87. The van der Waals surface area contributed by atoms with Crippen molar-refractivity contribution in [3.63, 3.8) is 0 Å². The van der Waals surface area contributed by atoms with Crippen molar-refractivity contribution in [2.24, 2.45) is 0 Å². The summed E-state index contributed by atoms with van der Waals surface area (Å²) in [5.41, 5.74) is 2.16. The maximum atomic E-state index is 6.07. The highest BCUT2D eigenvalue weighted by Gasteiger charge is 2.23. The van der Waals surface area contributed by atoms with Gasteiger partial charge in [-0.15, -0.1) is 11.7 Å². The van der Waals surface area contributed by atoms with Gasteiger partial charge in [-0.2, -0.15) is 5.10 Å². The number of halogens is 1. The van der Waals surface area contributed by atoms with Crippen molar-refractivity contribution in [2.75, 3.05) is 0 Å². The number of aromatic amines is 1. The molecule has 2 nitrogen and oxygen atoms in total. The standard InChI is InChI=1S/C10H11ClN2S2/c1-10(2,15-14)8-4-7(11)3-6-5-12-13-9(6)8/h3-5,14H,1-2H3,(H,12,13). The van der Waals surface area contributed by atoms with Crippen LogP contribution in [0.2, 0.25) is 5.02 Å². The number of benzene rings is 1. The molecule has 0 saturated heterocycles. The molecule has 0 spiro atoms. The lowest BCUT2D eigenvalue weighted by Crippen LogP contribution is -2.10.